The molecule has 2 aliphatic heterocycles. The van der Waals surface area contributed by atoms with Gasteiger partial charge in [0.15, 0.2) is 5.82 Å². The van der Waals surface area contributed by atoms with E-state index < -0.39 is 5.82 Å². The largest absolute Gasteiger partial charge is 0.366 e. The maximum absolute atomic E-state index is 13.5. The third kappa shape index (κ3) is 3.27. The van der Waals surface area contributed by atoms with Gasteiger partial charge in [-0.25, -0.2) is 14.2 Å². The highest BCUT2D eigenvalue weighted by Crippen LogP contribution is 2.40. The molecule has 5 rings (SSSR count). The molecule has 0 aliphatic carbocycles. The van der Waals surface area contributed by atoms with Crippen LogP contribution >= 0.6 is 11.6 Å². The molecule has 3 aromatic rings. The van der Waals surface area contributed by atoms with Crippen molar-refractivity contribution in [3.8, 4) is 11.3 Å². The number of fused-ring (bicyclic) bond motifs is 4. The fraction of sp³-hybridized carbons (Fsp3) is 0.190. The van der Waals surface area contributed by atoms with Gasteiger partial charge in [-0.2, -0.15) is 0 Å². The van der Waals surface area contributed by atoms with Crippen LogP contribution in [-0.2, 0) is 0 Å². The Morgan fingerprint density at radius 3 is 2.93 bits per heavy atom. The molecule has 2 bridgehead atoms. The predicted molar refractivity (Wildman–Crippen MR) is 111 cm³/mol. The minimum absolute atomic E-state index is 0.00568. The van der Waals surface area contributed by atoms with Crippen molar-refractivity contribution in [2.75, 3.05) is 28.2 Å². The highest BCUT2D eigenvalue weighted by Gasteiger charge is 2.40. The highest BCUT2D eigenvalue weighted by molar-refractivity contribution is 6.30. The maximum Gasteiger partial charge on any atom is 0.327 e. The van der Waals surface area contributed by atoms with E-state index in [0.29, 0.717) is 16.5 Å². The first-order chi connectivity index (χ1) is 14.1. The van der Waals surface area contributed by atoms with Crippen molar-refractivity contribution in [2.24, 2.45) is 0 Å². The number of urea groups is 1. The fourth-order valence-corrected chi connectivity index (χ4v) is 4.13. The Morgan fingerprint density at radius 2 is 2.10 bits per heavy atom. The van der Waals surface area contributed by atoms with E-state index in [4.69, 9.17) is 16.6 Å². The molecule has 29 heavy (non-hydrogen) atoms. The number of nitrogens with zero attached hydrogens (tertiary/aromatic N) is 4. The zero-order valence-electron chi connectivity index (χ0n) is 15.3. The molecule has 6 nitrogen and oxygen atoms in total. The normalized spacial score (nSPS) is 17.2. The summed E-state index contributed by atoms with van der Waals surface area (Å²) >= 11 is 6.13. The zero-order chi connectivity index (χ0) is 20.0. The van der Waals surface area contributed by atoms with Crippen molar-refractivity contribution < 1.29 is 9.18 Å². The van der Waals surface area contributed by atoms with E-state index in [2.05, 4.69) is 15.2 Å². The minimum Gasteiger partial charge on any atom is -0.366 e. The number of halogens is 2. The molecule has 1 aromatic carbocycles. The lowest BCUT2D eigenvalue weighted by Gasteiger charge is -2.35. The van der Waals surface area contributed by atoms with Gasteiger partial charge in [0.2, 0.25) is 0 Å². The molecule has 2 amide bonds. The molecule has 2 aromatic heterocycles. The number of rotatable bonds is 2. The van der Waals surface area contributed by atoms with Gasteiger partial charge in [-0.1, -0.05) is 23.7 Å². The Morgan fingerprint density at radius 1 is 1.21 bits per heavy atom. The summed E-state index contributed by atoms with van der Waals surface area (Å²) in [6, 6.07) is 12.3. The number of benzene rings is 1. The smallest absolute Gasteiger partial charge is 0.327 e. The number of anilines is 3. The molecule has 1 saturated heterocycles. The molecule has 0 spiro atoms. The number of hydrogen-bond donors (Lipinski definition) is 1. The SMILES string of the molecule is O=C(Nc1cncc(F)c1)N1c2nc(-c3cccc(Cl)c3)ccc2N2CCC1C2. The molecule has 1 unspecified atom stereocenters. The summed E-state index contributed by atoms with van der Waals surface area (Å²) in [5.74, 6) is 0.0911. The van der Waals surface area contributed by atoms with Crippen molar-refractivity contribution in [1.29, 1.82) is 0 Å². The van der Waals surface area contributed by atoms with Crippen molar-refractivity contribution in [3.05, 3.63) is 65.7 Å². The standard InChI is InChI=1S/C21H17ClFN5O/c22-14-3-1-2-13(8-14)18-4-5-19-20(26-18)28(17-6-7-27(19)12-17)21(29)25-16-9-15(23)10-24-11-16/h1-5,8-11,17H,6-7,12H2,(H,25,29). The van der Waals surface area contributed by atoms with Crippen molar-refractivity contribution >= 4 is 34.8 Å². The average molecular weight is 410 g/mol. The van der Waals surface area contributed by atoms with Crippen LogP contribution in [0.25, 0.3) is 11.3 Å². The van der Waals surface area contributed by atoms with Gasteiger partial charge in [0, 0.05) is 29.7 Å². The molecule has 146 valence electrons. The summed E-state index contributed by atoms with van der Waals surface area (Å²) in [5, 5.41) is 3.37. The van der Waals surface area contributed by atoms with E-state index >= 15 is 0 Å². The Kier molecular flexibility index (Phi) is 4.32. The van der Waals surface area contributed by atoms with Crippen molar-refractivity contribution in [2.45, 2.75) is 12.5 Å². The van der Waals surface area contributed by atoms with Gasteiger partial charge < -0.3 is 10.2 Å². The third-order valence-corrected chi connectivity index (χ3v) is 5.48. The number of hydrogen-bond acceptors (Lipinski definition) is 4. The number of amides is 2. The molecule has 8 heteroatoms. The Labute approximate surface area is 171 Å². The van der Waals surface area contributed by atoms with Crippen LogP contribution in [0, 0.1) is 5.82 Å². The molecule has 0 saturated carbocycles. The minimum atomic E-state index is -0.504. The quantitative estimate of drug-likeness (QED) is 0.673. The molecule has 4 heterocycles. The lowest BCUT2D eigenvalue weighted by atomic mass is 10.1. The van der Waals surface area contributed by atoms with Crippen molar-refractivity contribution in [1.82, 2.24) is 9.97 Å². The number of pyridine rings is 2. The number of nitrogens with one attached hydrogen (secondary N) is 1. The molecule has 2 aliphatic rings. The van der Waals surface area contributed by atoms with E-state index in [0.717, 1.165) is 42.7 Å². The summed E-state index contributed by atoms with van der Waals surface area (Å²) in [5.41, 5.74) is 2.84. The van der Waals surface area contributed by atoms with Crippen molar-refractivity contribution in [3.63, 3.8) is 0 Å². The van der Waals surface area contributed by atoms with Gasteiger partial charge in [-0.05, 0) is 30.7 Å². The molecule has 0 radical (unpaired) electrons. The summed E-state index contributed by atoms with van der Waals surface area (Å²) in [7, 11) is 0. The number of carbonyl (C=O) groups is 1. The first kappa shape index (κ1) is 17.9. The lowest BCUT2D eigenvalue weighted by molar-refractivity contribution is 0.255. The van der Waals surface area contributed by atoms with E-state index in [1.54, 1.807) is 4.90 Å². The van der Waals surface area contributed by atoms with Crippen LogP contribution < -0.4 is 15.1 Å². The first-order valence-corrected chi connectivity index (χ1v) is 9.69. The molecule has 1 atom stereocenters. The summed E-state index contributed by atoms with van der Waals surface area (Å²) in [6.45, 7) is 1.61. The predicted octanol–water partition coefficient (Wildman–Crippen LogP) is 4.57. The molecule has 1 fully saturated rings. The zero-order valence-corrected chi connectivity index (χ0v) is 16.1. The van der Waals surface area contributed by atoms with E-state index in [1.165, 1.54) is 12.3 Å². The van der Waals surface area contributed by atoms with Gasteiger partial charge in [-0.15, -0.1) is 0 Å². The number of aromatic nitrogens is 2. The maximum atomic E-state index is 13.5. The van der Waals surface area contributed by atoms with Crippen LogP contribution in [-0.4, -0.2) is 35.1 Å². The topological polar surface area (TPSA) is 61.4 Å². The van der Waals surface area contributed by atoms with Crippen LogP contribution in [0.5, 0.6) is 0 Å². The molecule has 1 N–H and O–H groups in total. The van der Waals surface area contributed by atoms with Gasteiger partial charge >= 0.3 is 6.03 Å². The van der Waals surface area contributed by atoms with Gasteiger partial charge in [0.1, 0.15) is 5.82 Å². The Hall–Kier alpha value is -3.19. The summed E-state index contributed by atoms with van der Waals surface area (Å²) < 4.78 is 13.5. The Balaban J connectivity index is 1.53. The van der Waals surface area contributed by atoms with Gasteiger partial charge in [-0.3, -0.25) is 9.88 Å². The van der Waals surface area contributed by atoms with Gasteiger partial charge in [0.25, 0.3) is 0 Å². The van der Waals surface area contributed by atoms with Crippen LogP contribution in [0.4, 0.5) is 26.4 Å². The van der Waals surface area contributed by atoms with Gasteiger partial charge in [0.05, 0.1) is 35.5 Å². The average Bonchev–Trinajstić information content (AvgIpc) is 3.12. The van der Waals surface area contributed by atoms with Crippen LogP contribution in [0.1, 0.15) is 6.42 Å². The molecular weight excluding hydrogens is 393 g/mol. The monoisotopic (exact) mass is 409 g/mol. The second kappa shape index (κ2) is 7.00. The lowest BCUT2D eigenvalue weighted by Crippen LogP contribution is -2.48. The van der Waals surface area contributed by atoms with Crippen LogP contribution in [0.3, 0.4) is 0 Å². The second-order valence-electron chi connectivity index (χ2n) is 7.13. The van der Waals surface area contributed by atoms with E-state index in [1.807, 2.05) is 36.4 Å². The summed E-state index contributed by atoms with van der Waals surface area (Å²) in [4.78, 5) is 25.6. The Bertz CT molecular complexity index is 1110. The first-order valence-electron chi connectivity index (χ1n) is 9.31. The van der Waals surface area contributed by atoms with E-state index in [9.17, 15) is 9.18 Å². The second-order valence-corrected chi connectivity index (χ2v) is 7.57. The van der Waals surface area contributed by atoms with Crippen LogP contribution in [0.2, 0.25) is 5.02 Å². The van der Waals surface area contributed by atoms with Crippen LogP contribution in [0.15, 0.2) is 54.9 Å². The molecular formula is C21H17ClFN5O. The van der Waals surface area contributed by atoms with E-state index in [-0.39, 0.29) is 12.1 Å². The highest BCUT2D eigenvalue weighted by atomic mass is 35.5. The number of carbonyl (C=O) groups excluding carboxylic acids is 1. The third-order valence-electron chi connectivity index (χ3n) is 5.25. The fourth-order valence-electron chi connectivity index (χ4n) is 3.94. The summed E-state index contributed by atoms with van der Waals surface area (Å²) in [6.07, 6.45) is 3.36.